The van der Waals surface area contributed by atoms with E-state index in [1.807, 2.05) is 16.6 Å². The minimum absolute atomic E-state index is 0.178. The number of likely N-dealkylation sites (tertiary alicyclic amines) is 1. The van der Waals surface area contributed by atoms with Crippen molar-refractivity contribution in [2.75, 3.05) is 26.7 Å². The zero-order valence-electron chi connectivity index (χ0n) is 14.5. The van der Waals surface area contributed by atoms with E-state index in [2.05, 4.69) is 30.2 Å². The van der Waals surface area contributed by atoms with Gasteiger partial charge in [0.25, 0.3) is 5.91 Å². The summed E-state index contributed by atoms with van der Waals surface area (Å²) in [5.74, 6) is 0.201. The van der Waals surface area contributed by atoms with Gasteiger partial charge in [-0.15, -0.1) is 0 Å². The van der Waals surface area contributed by atoms with E-state index >= 15 is 0 Å². The number of hydrogen-bond donors (Lipinski definition) is 0. The highest BCUT2D eigenvalue weighted by molar-refractivity contribution is 5.81. The summed E-state index contributed by atoms with van der Waals surface area (Å²) in [5, 5.41) is 4.41. The number of carbonyl (C=O) groups is 1. The summed E-state index contributed by atoms with van der Waals surface area (Å²) < 4.78 is 7.40. The molecular formula is C17H28N4O2. The molecule has 0 unspecified atom stereocenters. The zero-order chi connectivity index (χ0) is 16.4. The van der Waals surface area contributed by atoms with Crippen molar-refractivity contribution >= 4 is 5.91 Å². The van der Waals surface area contributed by atoms with Crippen LogP contribution in [0, 0.1) is 6.92 Å². The quantitative estimate of drug-likeness (QED) is 0.840. The molecule has 0 bridgehead atoms. The van der Waals surface area contributed by atoms with Crippen molar-refractivity contribution in [3.63, 3.8) is 0 Å². The Labute approximate surface area is 138 Å². The molecule has 1 aromatic heterocycles. The van der Waals surface area contributed by atoms with E-state index in [0.29, 0.717) is 6.04 Å². The first-order chi connectivity index (χ1) is 11.0. The molecule has 2 fully saturated rings. The number of ether oxygens (including phenoxy) is 1. The third-order valence-corrected chi connectivity index (χ3v) is 5.14. The number of amides is 1. The SMILES string of the molecule is Cc1nn(C)cc1CN(C)C1CCN(C(=O)[C@@H]2CCCO2)CC1. The maximum Gasteiger partial charge on any atom is 0.251 e. The lowest BCUT2D eigenvalue weighted by Gasteiger charge is -2.37. The fourth-order valence-electron chi connectivity index (χ4n) is 3.70. The van der Waals surface area contributed by atoms with Gasteiger partial charge in [0.15, 0.2) is 0 Å². The van der Waals surface area contributed by atoms with Gasteiger partial charge in [-0.25, -0.2) is 0 Å². The molecule has 1 amide bonds. The molecule has 3 heterocycles. The summed E-state index contributed by atoms with van der Waals surface area (Å²) in [7, 11) is 4.14. The van der Waals surface area contributed by atoms with Crippen LogP contribution in [0.15, 0.2) is 6.20 Å². The molecule has 1 atom stereocenters. The monoisotopic (exact) mass is 320 g/mol. The highest BCUT2D eigenvalue weighted by Crippen LogP contribution is 2.21. The smallest absolute Gasteiger partial charge is 0.251 e. The fourth-order valence-corrected chi connectivity index (χ4v) is 3.70. The summed E-state index contributed by atoms with van der Waals surface area (Å²) in [5.41, 5.74) is 2.39. The van der Waals surface area contributed by atoms with Crippen LogP contribution in [-0.4, -0.2) is 64.4 Å². The first kappa shape index (κ1) is 16.5. The first-order valence-electron chi connectivity index (χ1n) is 8.64. The van der Waals surface area contributed by atoms with Crippen LogP contribution < -0.4 is 0 Å². The van der Waals surface area contributed by atoms with Gasteiger partial charge in [0.1, 0.15) is 6.10 Å². The summed E-state index contributed by atoms with van der Waals surface area (Å²) in [6, 6.07) is 0.531. The van der Waals surface area contributed by atoms with Gasteiger partial charge < -0.3 is 9.64 Å². The lowest BCUT2D eigenvalue weighted by molar-refractivity contribution is -0.142. The Morgan fingerprint density at radius 3 is 2.70 bits per heavy atom. The molecule has 3 rings (SSSR count). The van der Waals surface area contributed by atoms with E-state index in [1.54, 1.807) is 0 Å². The number of rotatable bonds is 4. The van der Waals surface area contributed by atoms with Crippen LogP contribution in [0.3, 0.4) is 0 Å². The van der Waals surface area contributed by atoms with Gasteiger partial charge in [0.2, 0.25) is 0 Å². The Hall–Kier alpha value is -1.40. The average molecular weight is 320 g/mol. The molecule has 128 valence electrons. The summed E-state index contributed by atoms with van der Waals surface area (Å²) >= 11 is 0. The Morgan fingerprint density at radius 2 is 2.13 bits per heavy atom. The van der Waals surface area contributed by atoms with Crippen LogP contribution in [0.25, 0.3) is 0 Å². The molecule has 2 aliphatic rings. The van der Waals surface area contributed by atoms with Crippen LogP contribution in [0.4, 0.5) is 0 Å². The molecule has 0 saturated carbocycles. The second-order valence-electron chi connectivity index (χ2n) is 6.89. The standard InChI is InChI=1S/C17H28N4O2/c1-13-14(12-20(3)18-13)11-19(2)15-6-8-21(9-7-15)17(22)16-5-4-10-23-16/h12,15-16H,4-11H2,1-3H3/t16-/m0/s1. The molecular weight excluding hydrogens is 292 g/mol. The third-order valence-electron chi connectivity index (χ3n) is 5.14. The van der Waals surface area contributed by atoms with E-state index in [9.17, 15) is 4.79 Å². The van der Waals surface area contributed by atoms with Crippen molar-refractivity contribution in [3.8, 4) is 0 Å². The van der Waals surface area contributed by atoms with E-state index in [0.717, 1.165) is 57.6 Å². The number of aromatic nitrogens is 2. The summed E-state index contributed by atoms with van der Waals surface area (Å²) in [6.07, 6.45) is 5.89. The topological polar surface area (TPSA) is 50.6 Å². The molecule has 0 radical (unpaired) electrons. The van der Waals surface area contributed by atoms with E-state index in [4.69, 9.17) is 4.74 Å². The van der Waals surface area contributed by atoms with Crippen molar-refractivity contribution in [2.24, 2.45) is 7.05 Å². The number of hydrogen-bond acceptors (Lipinski definition) is 4. The van der Waals surface area contributed by atoms with Gasteiger partial charge in [0, 0.05) is 51.1 Å². The molecule has 0 N–H and O–H groups in total. The van der Waals surface area contributed by atoms with E-state index < -0.39 is 0 Å². The molecule has 6 heteroatoms. The van der Waals surface area contributed by atoms with Crippen LogP contribution in [-0.2, 0) is 23.1 Å². The van der Waals surface area contributed by atoms with Crippen molar-refractivity contribution in [1.82, 2.24) is 19.6 Å². The van der Waals surface area contributed by atoms with Gasteiger partial charge in [0.05, 0.1) is 5.69 Å². The lowest BCUT2D eigenvalue weighted by Crippen LogP contribution is -2.48. The number of carbonyl (C=O) groups excluding carboxylic acids is 1. The molecule has 0 aliphatic carbocycles. The third kappa shape index (κ3) is 3.75. The highest BCUT2D eigenvalue weighted by atomic mass is 16.5. The largest absolute Gasteiger partial charge is 0.368 e. The number of piperidine rings is 1. The molecule has 0 spiro atoms. The average Bonchev–Trinajstić information content (AvgIpc) is 3.17. The lowest BCUT2D eigenvalue weighted by atomic mass is 10.0. The van der Waals surface area contributed by atoms with Crippen LogP contribution in [0.5, 0.6) is 0 Å². The van der Waals surface area contributed by atoms with Gasteiger partial charge in [-0.2, -0.15) is 5.10 Å². The summed E-state index contributed by atoms with van der Waals surface area (Å²) in [4.78, 5) is 16.8. The van der Waals surface area contributed by atoms with Crippen molar-refractivity contribution in [3.05, 3.63) is 17.5 Å². The number of aryl methyl sites for hydroxylation is 2. The molecule has 1 aromatic rings. The van der Waals surface area contributed by atoms with Crippen LogP contribution in [0.2, 0.25) is 0 Å². The molecule has 6 nitrogen and oxygen atoms in total. The first-order valence-corrected chi connectivity index (χ1v) is 8.64. The maximum atomic E-state index is 12.4. The summed E-state index contributed by atoms with van der Waals surface area (Å²) in [6.45, 7) is 5.41. The second kappa shape index (κ2) is 7.01. The Bertz CT molecular complexity index is 543. The van der Waals surface area contributed by atoms with Crippen molar-refractivity contribution in [1.29, 1.82) is 0 Å². The van der Waals surface area contributed by atoms with E-state index in [1.165, 1.54) is 5.56 Å². The Kier molecular flexibility index (Phi) is 5.02. The predicted octanol–water partition coefficient (Wildman–Crippen LogP) is 1.33. The van der Waals surface area contributed by atoms with Gasteiger partial charge >= 0.3 is 0 Å². The van der Waals surface area contributed by atoms with Gasteiger partial charge in [-0.05, 0) is 39.7 Å². The highest BCUT2D eigenvalue weighted by Gasteiger charge is 2.31. The van der Waals surface area contributed by atoms with E-state index in [-0.39, 0.29) is 12.0 Å². The minimum Gasteiger partial charge on any atom is -0.368 e. The van der Waals surface area contributed by atoms with Crippen LogP contribution in [0.1, 0.15) is 36.9 Å². The minimum atomic E-state index is -0.178. The molecule has 2 saturated heterocycles. The molecule has 0 aromatic carbocycles. The molecule has 2 aliphatic heterocycles. The number of nitrogens with zero attached hydrogens (tertiary/aromatic N) is 4. The van der Waals surface area contributed by atoms with Crippen LogP contribution >= 0.6 is 0 Å². The normalized spacial score (nSPS) is 23.0. The predicted molar refractivity (Wildman–Crippen MR) is 88.0 cm³/mol. The molecule has 23 heavy (non-hydrogen) atoms. The zero-order valence-corrected chi connectivity index (χ0v) is 14.5. The van der Waals surface area contributed by atoms with Gasteiger partial charge in [-0.1, -0.05) is 0 Å². The Balaban J connectivity index is 1.50. The fraction of sp³-hybridized carbons (Fsp3) is 0.765. The van der Waals surface area contributed by atoms with Gasteiger partial charge in [-0.3, -0.25) is 14.4 Å². The second-order valence-corrected chi connectivity index (χ2v) is 6.89. The maximum absolute atomic E-state index is 12.4. The van der Waals surface area contributed by atoms with Crippen molar-refractivity contribution < 1.29 is 9.53 Å². The van der Waals surface area contributed by atoms with Crippen molar-refractivity contribution in [2.45, 2.75) is 51.3 Å². The Morgan fingerprint density at radius 1 is 1.39 bits per heavy atom.